The molecule has 0 aliphatic carbocycles. The fourth-order valence-electron chi connectivity index (χ4n) is 3.02. The fraction of sp³-hybridized carbons (Fsp3) is 0.182. The number of benzene rings is 1. The van der Waals surface area contributed by atoms with Gasteiger partial charge < -0.3 is 5.32 Å². The third kappa shape index (κ3) is 4.48. The Hall–Kier alpha value is -3.93. The number of aromatic nitrogens is 3. The van der Waals surface area contributed by atoms with Gasteiger partial charge in [-0.05, 0) is 36.8 Å². The second-order valence-corrected chi connectivity index (χ2v) is 6.87. The largest absolute Gasteiger partial charge is 0.412 e. The van der Waals surface area contributed by atoms with Crippen LogP contribution in [0, 0.1) is 18.8 Å². The number of hydrogen-bond acceptors (Lipinski definition) is 4. The quantitative estimate of drug-likeness (QED) is 0.507. The van der Waals surface area contributed by atoms with E-state index < -0.39 is 23.8 Å². The van der Waals surface area contributed by atoms with E-state index in [0.29, 0.717) is 16.8 Å². The van der Waals surface area contributed by atoms with Crippen LogP contribution in [0.1, 0.15) is 33.5 Å². The first-order valence-electron chi connectivity index (χ1n) is 9.33. The Bertz CT molecular complexity index is 1280. The van der Waals surface area contributed by atoms with Crippen molar-refractivity contribution < 1.29 is 18.0 Å². The maximum atomic E-state index is 12.9. The van der Waals surface area contributed by atoms with Crippen molar-refractivity contribution in [3.8, 4) is 11.8 Å². The summed E-state index contributed by atoms with van der Waals surface area (Å²) in [6, 6.07) is 6.67. The zero-order valence-electron chi connectivity index (χ0n) is 16.3. The normalized spacial score (nSPS) is 15.9. The highest BCUT2D eigenvalue weighted by Gasteiger charge is 2.34. The molecule has 1 unspecified atom stereocenters. The Morgan fingerprint density at radius 1 is 1.26 bits per heavy atom. The van der Waals surface area contributed by atoms with E-state index in [4.69, 9.17) is 0 Å². The summed E-state index contributed by atoms with van der Waals surface area (Å²) in [7, 11) is 0. The lowest BCUT2D eigenvalue weighted by Gasteiger charge is -2.18. The van der Waals surface area contributed by atoms with Crippen LogP contribution in [0.25, 0.3) is 5.65 Å². The molecular weight excluding hydrogens is 407 g/mol. The van der Waals surface area contributed by atoms with E-state index in [1.54, 1.807) is 47.4 Å². The van der Waals surface area contributed by atoms with Gasteiger partial charge in [-0.3, -0.25) is 9.79 Å². The number of carbonyl (C=O) groups excluding carboxylic acids is 1. The lowest BCUT2D eigenvalue weighted by Crippen LogP contribution is -2.34. The van der Waals surface area contributed by atoms with Crippen LogP contribution in [0.3, 0.4) is 0 Å². The maximum absolute atomic E-state index is 12.9. The van der Waals surface area contributed by atoms with Gasteiger partial charge in [0.2, 0.25) is 0 Å². The van der Waals surface area contributed by atoms with Gasteiger partial charge in [-0.1, -0.05) is 17.9 Å². The average molecular weight is 423 g/mol. The van der Waals surface area contributed by atoms with Gasteiger partial charge in [0, 0.05) is 41.7 Å². The Balaban J connectivity index is 1.56. The van der Waals surface area contributed by atoms with Crippen molar-refractivity contribution in [1.29, 1.82) is 0 Å². The van der Waals surface area contributed by atoms with E-state index in [-0.39, 0.29) is 12.0 Å². The molecule has 0 radical (unpaired) electrons. The first-order valence-corrected chi connectivity index (χ1v) is 9.33. The van der Waals surface area contributed by atoms with Crippen molar-refractivity contribution >= 4 is 17.8 Å². The number of rotatable bonds is 2. The minimum absolute atomic E-state index is 0.274. The second kappa shape index (κ2) is 8.07. The molecule has 0 bridgehead atoms. The number of aryl methyl sites for hydroxylation is 1. The van der Waals surface area contributed by atoms with Gasteiger partial charge in [-0.15, -0.1) is 0 Å². The number of alkyl halides is 3. The standard InChI is InChI=1S/C22H16F3N5O/c1-14-3-4-16(21(31)29-19-12-18(7-9-26-19)22(23,24)25)11-15(14)5-6-17-13-28-30-10-2-8-27-20(17)30/h2-4,8-13,19H,7H2,1H3,(H,29,31). The summed E-state index contributed by atoms with van der Waals surface area (Å²) in [5.74, 6) is 5.49. The summed E-state index contributed by atoms with van der Waals surface area (Å²) in [6.07, 6.45) is 1.26. The van der Waals surface area contributed by atoms with Crippen LogP contribution < -0.4 is 5.32 Å². The number of dihydropyridines is 1. The molecule has 1 aliphatic rings. The highest BCUT2D eigenvalue weighted by molar-refractivity contribution is 5.95. The van der Waals surface area contributed by atoms with Gasteiger partial charge in [0.25, 0.3) is 5.91 Å². The predicted molar refractivity (Wildman–Crippen MR) is 109 cm³/mol. The van der Waals surface area contributed by atoms with Gasteiger partial charge in [-0.2, -0.15) is 18.3 Å². The maximum Gasteiger partial charge on any atom is 0.412 e. The van der Waals surface area contributed by atoms with Crippen molar-refractivity contribution in [1.82, 2.24) is 19.9 Å². The van der Waals surface area contributed by atoms with Gasteiger partial charge in [0.15, 0.2) is 5.65 Å². The Labute approximate surface area is 175 Å². The average Bonchev–Trinajstić information content (AvgIpc) is 3.16. The van der Waals surface area contributed by atoms with Crippen LogP contribution in [-0.4, -0.2) is 39.1 Å². The molecule has 156 valence electrons. The molecule has 1 aromatic carbocycles. The van der Waals surface area contributed by atoms with Crippen LogP contribution in [-0.2, 0) is 0 Å². The van der Waals surface area contributed by atoms with Crippen LogP contribution >= 0.6 is 0 Å². The van der Waals surface area contributed by atoms with Gasteiger partial charge in [0.1, 0.15) is 6.17 Å². The Morgan fingerprint density at radius 2 is 2.06 bits per heavy atom. The third-order valence-corrected chi connectivity index (χ3v) is 4.69. The van der Waals surface area contributed by atoms with E-state index in [1.807, 2.05) is 6.92 Å². The molecule has 1 amide bonds. The van der Waals surface area contributed by atoms with E-state index in [9.17, 15) is 18.0 Å². The van der Waals surface area contributed by atoms with E-state index >= 15 is 0 Å². The number of fused-ring (bicyclic) bond motifs is 1. The number of hydrogen-bond donors (Lipinski definition) is 1. The number of halogens is 3. The van der Waals surface area contributed by atoms with Crippen LogP contribution in [0.4, 0.5) is 13.2 Å². The highest BCUT2D eigenvalue weighted by atomic mass is 19.4. The molecular formula is C22H16F3N5O. The zero-order chi connectivity index (χ0) is 22.0. The molecule has 0 saturated heterocycles. The van der Waals surface area contributed by atoms with E-state index in [0.717, 1.165) is 17.9 Å². The van der Waals surface area contributed by atoms with Crippen molar-refractivity contribution in [2.45, 2.75) is 25.7 Å². The minimum atomic E-state index is -4.45. The third-order valence-electron chi connectivity index (χ3n) is 4.69. The van der Waals surface area contributed by atoms with E-state index in [1.165, 1.54) is 0 Å². The fourth-order valence-corrected chi connectivity index (χ4v) is 3.02. The van der Waals surface area contributed by atoms with Gasteiger partial charge in [-0.25, -0.2) is 9.50 Å². The molecule has 1 aliphatic heterocycles. The summed E-state index contributed by atoms with van der Waals surface area (Å²) in [4.78, 5) is 20.7. The van der Waals surface area contributed by atoms with Gasteiger partial charge >= 0.3 is 6.18 Å². The number of nitrogens with zero attached hydrogens (tertiary/aromatic N) is 4. The molecule has 31 heavy (non-hydrogen) atoms. The topological polar surface area (TPSA) is 71.7 Å². The molecule has 1 atom stereocenters. The first-order chi connectivity index (χ1) is 14.8. The summed E-state index contributed by atoms with van der Waals surface area (Å²) >= 11 is 0. The number of allylic oxidation sites excluding steroid dienone is 1. The van der Waals surface area contributed by atoms with Crippen molar-refractivity contribution in [2.75, 3.05) is 0 Å². The molecule has 1 N–H and O–H groups in total. The summed E-state index contributed by atoms with van der Waals surface area (Å²) in [5, 5.41) is 6.67. The zero-order valence-corrected chi connectivity index (χ0v) is 16.3. The van der Waals surface area contributed by atoms with Crippen LogP contribution in [0.2, 0.25) is 0 Å². The van der Waals surface area contributed by atoms with Crippen molar-refractivity contribution in [3.05, 3.63) is 76.8 Å². The monoisotopic (exact) mass is 423 g/mol. The van der Waals surface area contributed by atoms with Crippen LogP contribution in [0.15, 0.2) is 59.5 Å². The number of nitrogens with one attached hydrogen (secondary N) is 1. The smallest absolute Gasteiger partial charge is 0.327 e. The Morgan fingerprint density at radius 3 is 2.87 bits per heavy atom. The molecule has 4 rings (SSSR count). The SMILES string of the molecule is Cc1ccc(C(=O)NC2C=C(C(F)(F)F)CC=N2)cc1C#Cc1cnn2cccnc12. The summed E-state index contributed by atoms with van der Waals surface area (Å²) in [6.45, 7) is 1.85. The molecule has 0 saturated carbocycles. The lowest BCUT2D eigenvalue weighted by molar-refractivity contribution is -0.0930. The van der Waals surface area contributed by atoms with Gasteiger partial charge in [0.05, 0.1) is 11.8 Å². The number of aliphatic imine (C=N–C) groups is 1. The molecule has 9 heteroatoms. The van der Waals surface area contributed by atoms with Crippen molar-refractivity contribution in [3.63, 3.8) is 0 Å². The number of amides is 1. The second-order valence-electron chi connectivity index (χ2n) is 6.87. The first kappa shape index (κ1) is 20.3. The minimum Gasteiger partial charge on any atom is -0.327 e. The molecule has 6 nitrogen and oxygen atoms in total. The molecule has 2 aromatic heterocycles. The molecule has 0 spiro atoms. The predicted octanol–water partition coefficient (Wildman–Crippen LogP) is 3.46. The Kier molecular flexibility index (Phi) is 5.29. The van der Waals surface area contributed by atoms with Crippen molar-refractivity contribution in [2.24, 2.45) is 4.99 Å². The molecule has 0 fully saturated rings. The molecule has 3 aromatic rings. The lowest BCUT2D eigenvalue weighted by atomic mass is 10.0. The van der Waals surface area contributed by atoms with Crippen LogP contribution in [0.5, 0.6) is 0 Å². The summed E-state index contributed by atoms with van der Waals surface area (Å²) in [5.41, 5.74) is 2.26. The highest BCUT2D eigenvalue weighted by Crippen LogP contribution is 2.29. The summed E-state index contributed by atoms with van der Waals surface area (Å²) < 4.78 is 40.3. The molecule has 3 heterocycles. The van der Waals surface area contributed by atoms with E-state index in [2.05, 4.69) is 32.2 Å². The number of carbonyl (C=O) groups is 1.